The molecule has 3 fully saturated rings. The first-order chi connectivity index (χ1) is 32.4. The molecule has 0 bridgehead atoms. The number of methoxy groups -OCH3 is 1. The highest BCUT2D eigenvalue weighted by Gasteiger charge is 2.53. The summed E-state index contributed by atoms with van der Waals surface area (Å²) in [6, 6.07) is 9.12. The van der Waals surface area contributed by atoms with Gasteiger partial charge in [0.25, 0.3) is 0 Å². The summed E-state index contributed by atoms with van der Waals surface area (Å²) in [5.41, 5.74) is -3.56. The van der Waals surface area contributed by atoms with E-state index in [2.05, 4.69) is 10.5 Å². The molecule has 18 atom stereocenters. The number of rotatable bonds is 17. The van der Waals surface area contributed by atoms with Gasteiger partial charge in [0.15, 0.2) is 12.6 Å². The Morgan fingerprint density at radius 3 is 2.20 bits per heavy atom. The summed E-state index contributed by atoms with van der Waals surface area (Å²) in [5, 5.41) is 67.2. The number of nitrogens with zero attached hydrogens (tertiary/aromatic N) is 2. The average molecular weight is 982 g/mol. The molecule has 0 unspecified atom stereocenters. The lowest BCUT2D eigenvalue weighted by molar-refractivity contribution is -0.317. The standard InChI is InChI=1S/C51H87N3O15/c1-14-38-51(10,61)43(56)32(4)40(53-64-25-21-16-15-20-24-52-48(59)63-29-36-22-18-17-19-23-36)30(2)27-49(8,60)45(69-47-41(55)37(54(11)12)26-31(3)65-47)33(5)42(34(6)46(58)67-38)68-39-28-50(9,62-13)44(57)35(7)66-39/h17-19,22-23,30-35,37-39,41-45,47,55-57,60-61H,14-16,20-21,24-29H2,1-13H3,(H,52,59)/b53-40-/t30-,31-,32+,33+,34-,35+,37+,38-,39+,41-,42+,43-,44+,45-,47+,49-,50-,51-/m1/s1. The number of likely N-dealkylation sites (N-methyl/N-ethyl adjacent to an activating group) is 1. The summed E-state index contributed by atoms with van der Waals surface area (Å²) in [4.78, 5) is 34.4. The van der Waals surface area contributed by atoms with E-state index >= 15 is 0 Å². The van der Waals surface area contributed by atoms with Gasteiger partial charge in [0.1, 0.15) is 37.1 Å². The normalized spacial score (nSPS) is 40.2. The third-order valence-electron chi connectivity index (χ3n) is 14.7. The predicted octanol–water partition coefficient (Wildman–Crippen LogP) is 5.08. The molecule has 18 nitrogen and oxygen atoms in total. The summed E-state index contributed by atoms with van der Waals surface area (Å²) < 4.78 is 43.2. The summed E-state index contributed by atoms with van der Waals surface area (Å²) in [6.07, 6.45) is -7.09. The minimum Gasteiger partial charge on any atom is -0.459 e. The summed E-state index contributed by atoms with van der Waals surface area (Å²) in [5.74, 6) is -4.13. The Morgan fingerprint density at radius 1 is 0.899 bits per heavy atom. The topological polar surface area (TPSA) is 237 Å². The highest BCUT2D eigenvalue weighted by atomic mass is 16.7. The quantitative estimate of drug-likeness (QED) is 0.0679. The fourth-order valence-electron chi connectivity index (χ4n) is 10.3. The molecular weight excluding hydrogens is 895 g/mol. The van der Waals surface area contributed by atoms with E-state index in [0.29, 0.717) is 25.1 Å². The third-order valence-corrected chi connectivity index (χ3v) is 14.7. The molecule has 0 spiro atoms. The van der Waals surface area contributed by atoms with E-state index in [-0.39, 0.29) is 44.6 Å². The molecule has 3 heterocycles. The van der Waals surface area contributed by atoms with Crippen LogP contribution >= 0.6 is 0 Å². The summed E-state index contributed by atoms with van der Waals surface area (Å²) >= 11 is 0. The fourth-order valence-corrected chi connectivity index (χ4v) is 10.3. The number of hydrogen-bond donors (Lipinski definition) is 6. The second kappa shape index (κ2) is 26.1. The van der Waals surface area contributed by atoms with E-state index in [1.54, 1.807) is 48.5 Å². The fraction of sp³-hybridized carbons (Fsp3) is 0.824. The van der Waals surface area contributed by atoms with Gasteiger partial charge >= 0.3 is 12.1 Å². The first-order valence-electron chi connectivity index (χ1n) is 25.0. The van der Waals surface area contributed by atoms with Crippen molar-refractivity contribution in [2.75, 3.05) is 34.4 Å². The molecule has 396 valence electrons. The first kappa shape index (κ1) is 58.6. The molecule has 4 rings (SSSR count). The number of cyclic esters (lactones) is 1. The van der Waals surface area contributed by atoms with E-state index in [1.807, 2.05) is 63.2 Å². The number of benzene rings is 1. The number of aliphatic hydroxyl groups excluding tert-OH is 3. The van der Waals surface area contributed by atoms with Gasteiger partial charge in [0, 0.05) is 43.9 Å². The van der Waals surface area contributed by atoms with Crippen molar-refractivity contribution in [2.24, 2.45) is 28.8 Å². The summed E-state index contributed by atoms with van der Waals surface area (Å²) in [6.45, 7) is 18.0. The zero-order valence-corrected chi connectivity index (χ0v) is 43.5. The monoisotopic (exact) mass is 982 g/mol. The van der Waals surface area contributed by atoms with Gasteiger partial charge in [-0.2, -0.15) is 0 Å². The van der Waals surface area contributed by atoms with Crippen LogP contribution in [0.4, 0.5) is 4.79 Å². The molecule has 6 N–H and O–H groups in total. The molecule has 1 amide bonds. The minimum absolute atomic E-state index is 0.0205. The van der Waals surface area contributed by atoms with Crippen LogP contribution in [0.15, 0.2) is 35.5 Å². The molecule has 3 aliphatic heterocycles. The Bertz CT molecular complexity index is 1750. The highest BCUT2D eigenvalue weighted by Crippen LogP contribution is 2.41. The Kier molecular flexibility index (Phi) is 22.1. The van der Waals surface area contributed by atoms with Crippen molar-refractivity contribution in [1.82, 2.24) is 10.2 Å². The van der Waals surface area contributed by atoms with Crippen molar-refractivity contribution >= 4 is 17.8 Å². The molecule has 69 heavy (non-hydrogen) atoms. The largest absolute Gasteiger partial charge is 0.459 e. The lowest BCUT2D eigenvalue weighted by Gasteiger charge is -2.49. The number of nitrogens with one attached hydrogen (secondary N) is 1. The molecular formula is C51H87N3O15. The second-order valence-electron chi connectivity index (χ2n) is 20.8. The molecule has 1 aromatic rings. The predicted molar refractivity (Wildman–Crippen MR) is 258 cm³/mol. The van der Waals surface area contributed by atoms with Crippen molar-refractivity contribution in [3.63, 3.8) is 0 Å². The van der Waals surface area contributed by atoms with E-state index in [4.69, 9.17) is 38.0 Å². The van der Waals surface area contributed by atoms with Gasteiger partial charge in [-0.3, -0.25) is 4.79 Å². The number of hydrogen-bond acceptors (Lipinski definition) is 17. The number of esters is 1. The van der Waals surface area contributed by atoms with Crippen LogP contribution in [-0.4, -0.2) is 167 Å². The Labute approximate surface area is 410 Å². The van der Waals surface area contributed by atoms with Crippen LogP contribution in [-0.2, 0) is 49.4 Å². The number of aliphatic hydroxyl groups is 5. The minimum atomic E-state index is -1.97. The van der Waals surface area contributed by atoms with Crippen molar-refractivity contribution in [2.45, 2.75) is 211 Å². The zero-order valence-electron chi connectivity index (χ0n) is 43.5. The number of oxime groups is 1. The first-order valence-corrected chi connectivity index (χ1v) is 25.0. The number of amides is 1. The number of ether oxygens (including phenoxy) is 7. The maximum atomic E-state index is 14.5. The maximum Gasteiger partial charge on any atom is 0.407 e. The molecule has 0 radical (unpaired) electrons. The van der Waals surface area contributed by atoms with Crippen molar-refractivity contribution in [1.29, 1.82) is 0 Å². The molecule has 1 aromatic carbocycles. The number of carbonyl (C=O) groups excluding carboxylic acids is 2. The highest BCUT2D eigenvalue weighted by molar-refractivity contribution is 5.88. The van der Waals surface area contributed by atoms with Crippen molar-refractivity contribution in [3.8, 4) is 0 Å². The van der Waals surface area contributed by atoms with Crippen LogP contribution < -0.4 is 5.32 Å². The van der Waals surface area contributed by atoms with Crippen LogP contribution in [0.2, 0.25) is 0 Å². The molecule has 3 saturated heterocycles. The lowest BCUT2D eigenvalue weighted by Crippen LogP contribution is -2.61. The SMILES string of the molecule is CC[C@H]1OC(=O)[C@H](C)[C@@H](O[C@H]2C[C@@](C)(OC)[C@@H](O)[C@H](C)O2)[C@H](C)[C@@H](O[C@@H]2O[C@H](C)C[C@H](N(C)C)[C@H]2O)[C@](C)(O)C[C@@H](C)/C(=N/OCCCCCCNC(=O)OCc2ccccc2)[C@H](C)[C@@H](O)[C@]1(C)O. The number of alkyl carbamates (subject to hydrolysis) is 1. The number of unbranched alkanes of at least 4 members (excludes halogenated alkanes) is 3. The Hall–Kier alpha value is -3.01. The van der Waals surface area contributed by atoms with Crippen molar-refractivity contribution < 1.29 is 73.1 Å². The molecule has 18 heteroatoms. The number of carbonyl (C=O) groups is 2. The van der Waals surface area contributed by atoms with Gasteiger partial charge in [-0.05, 0) is 99.7 Å². The van der Waals surface area contributed by atoms with Crippen LogP contribution in [0, 0.1) is 23.7 Å². The van der Waals surface area contributed by atoms with Gasteiger partial charge in [0.2, 0.25) is 0 Å². The van der Waals surface area contributed by atoms with Gasteiger partial charge < -0.3 is 73.7 Å². The Morgan fingerprint density at radius 2 is 1.57 bits per heavy atom. The van der Waals surface area contributed by atoms with E-state index < -0.39 is 108 Å². The molecule has 0 aliphatic carbocycles. The Balaban J connectivity index is 1.64. The molecule has 0 aromatic heterocycles. The van der Waals surface area contributed by atoms with Crippen LogP contribution in [0.1, 0.15) is 126 Å². The van der Waals surface area contributed by atoms with E-state index in [9.17, 15) is 35.1 Å². The molecule has 3 aliphatic rings. The van der Waals surface area contributed by atoms with E-state index in [1.165, 1.54) is 14.0 Å². The van der Waals surface area contributed by atoms with E-state index in [0.717, 1.165) is 24.8 Å². The van der Waals surface area contributed by atoms with Crippen LogP contribution in [0.5, 0.6) is 0 Å². The second-order valence-corrected chi connectivity index (χ2v) is 20.8. The van der Waals surface area contributed by atoms with Crippen LogP contribution in [0.25, 0.3) is 0 Å². The van der Waals surface area contributed by atoms with Gasteiger partial charge in [0.05, 0.1) is 53.4 Å². The smallest absolute Gasteiger partial charge is 0.407 e. The van der Waals surface area contributed by atoms with Gasteiger partial charge in [-0.1, -0.05) is 69.6 Å². The van der Waals surface area contributed by atoms with Gasteiger partial charge in [-0.25, -0.2) is 4.79 Å². The van der Waals surface area contributed by atoms with Crippen molar-refractivity contribution in [3.05, 3.63) is 35.9 Å². The maximum absolute atomic E-state index is 14.5. The summed E-state index contributed by atoms with van der Waals surface area (Å²) in [7, 11) is 5.22. The van der Waals surface area contributed by atoms with Crippen LogP contribution in [0.3, 0.4) is 0 Å². The third kappa shape index (κ3) is 15.5. The lowest BCUT2D eigenvalue weighted by atomic mass is 9.73. The average Bonchev–Trinajstić information content (AvgIpc) is 3.30. The van der Waals surface area contributed by atoms with Gasteiger partial charge in [-0.15, -0.1) is 0 Å². The molecule has 0 saturated carbocycles. The zero-order chi connectivity index (χ0) is 51.4.